The zero-order valence-corrected chi connectivity index (χ0v) is 10.1. The lowest BCUT2D eigenvalue weighted by molar-refractivity contribution is 0.212. The van der Waals surface area contributed by atoms with Crippen molar-refractivity contribution in [1.82, 2.24) is 0 Å². The van der Waals surface area contributed by atoms with Crippen LogP contribution in [0.25, 0.3) is 0 Å². The van der Waals surface area contributed by atoms with Gasteiger partial charge in [0.2, 0.25) is 0 Å². The zero-order chi connectivity index (χ0) is 11.6. The Morgan fingerprint density at radius 2 is 2.00 bits per heavy atom. The Morgan fingerprint density at radius 1 is 1.25 bits per heavy atom. The second-order valence-electron chi connectivity index (χ2n) is 4.16. The topological polar surface area (TPSA) is 20.2 Å². The van der Waals surface area contributed by atoms with Gasteiger partial charge in [-0.25, -0.2) is 0 Å². The van der Waals surface area contributed by atoms with E-state index in [0.29, 0.717) is 0 Å². The molecule has 0 fully saturated rings. The molecule has 0 aromatic heterocycles. The van der Waals surface area contributed by atoms with E-state index in [2.05, 4.69) is 25.1 Å². The normalized spacial score (nSPS) is 13.1. The number of hydrogen-bond acceptors (Lipinski definition) is 1. The minimum atomic E-state index is -0.294. The number of aliphatic hydroxyl groups is 1. The fourth-order valence-electron chi connectivity index (χ4n) is 1.63. The molecule has 16 heavy (non-hydrogen) atoms. The maximum Gasteiger partial charge on any atom is 0.0724 e. The minimum Gasteiger partial charge on any atom is -0.389 e. The van der Waals surface area contributed by atoms with Crippen LogP contribution in [0, 0.1) is 0 Å². The lowest BCUT2D eigenvalue weighted by Crippen LogP contribution is -2.03. The summed E-state index contributed by atoms with van der Waals surface area (Å²) in [5, 5.41) is 9.72. The van der Waals surface area contributed by atoms with Crippen LogP contribution in [0.4, 0.5) is 0 Å². The first kappa shape index (κ1) is 13.0. The Morgan fingerprint density at radius 3 is 2.69 bits per heavy atom. The molecule has 1 N–H and O–H groups in total. The molecule has 1 heteroatoms. The number of benzene rings is 1. The van der Waals surface area contributed by atoms with Crippen molar-refractivity contribution in [3.63, 3.8) is 0 Å². The molecule has 0 aliphatic carbocycles. The maximum absolute atomic E-state index is 9.72. The quantitative estimate of drug-likeness (QED) is 0.546. The lowest BCUT2D eigenvalue weighted by Gasteiger charge is -2.05. The van der Waals surface area contributed by atoms with E-state index >= 15 is 0 Å². The fourth-order valence-corrected chi connectivity index (χ4v) is 1.63. The van der Waals surface area contributed by atoms with Crippen LogP contribution in [-0.2, 0) is 6.42 Å². The van der Waals surface area contributed by atoms with Crippen molar-refractivity contribution in [3.05, 3.63) is 48.0 Å². The van der Waals surface area contributed by atoms with Crippen LogP contribution in [0.1, 0.15) is 38.2 Å². The van der Waals surface area contributed by atoms with Gasteiger partial charge in [0.25, 0.3) is 0 Å². The molecule has 0 aliphatic heterocycles. The van der Waals surface area contributed by atoms with Gasteiger partial charge in [-0.05, 0) is 24.8 Å². The number of hydrogen-bond donors (Lipinski definition) is 1. The zero-order valence-electron chi connectivity index (χ0n) is 10.1. The first-order chi connectivity index (χ1) is 7.83. The summed E-state index contributed by atoms with van der Waals surface area (Å²) in [5.41, 5.74) is 1.29. The summed E-state index contributed by atoms with van der Waals surface area (Å²) in [6, 6.07) is 10.3. The van der Waals surface area contributed by atoms with E-state index in [9.17, 15) is 5.11 Å². The highest BCUT2D eigenvalue weighted by molar-refractivity contribution is 5.14. The highest BCUT2D eigenvalue weighted by Gasteiger charge is 1.99. The van der Waals surface area contributed by atoms with Crippen molar-refractivity contribution in [2.24, 2.45) is 0 Å². The SMILES string of the molecule is CCCC/C=C/C(O)CCc1ccccc1. The van der Waals surface area contributed by atoms with E-state index < -0.39 is 0 Å². The van der Waals surface area contributed by atoms with Crippen LogP contribution < -0.4 is 0 Å². The maximum atomic E-state index is 9.72. The van der Waals surface area contributed by atoms with Crippen molar-refractivity contribution >= 4 is 0 Å². The van der Waals surface area contributed by atoms with Crippen LogP contribution in [0.5, 0.6) is 0 Å². The minimum absolute atomic E-state index is 0.294. The summed E-state index contributed by atoms with van der Waals surface area (Å²) in [5.74, 6) is 0. The molecule has 1 rings (SSSR count). The van der Waals surface area contributed by atoms with Crippen LogP contribution in [0.3, 0.4) is 0 Å². The number of allylic oxidation sites excluding steroid dienone is 1. The van der Waals surface area contributed by atoms with Gasteiger partial charge < -0.3 is 5.11 Å². The predicted octanol–water partition coefficient (Wildman–Crippen LogP) is 3.73. The van der Waals surface area contributed by atoms with Gasteiger partial charge in [0, 0.05) is 0 Å². The van der Waals surface area contributed by atoms with Crippen molar-refractivity contribution in [2.45, 2.75) is 45.1 Å². The van der Waals surface area contributed by atoms with Crippen LogP contribution >= 0.6 is 0 Å². The molecule has 0 bridgehead atoms. The van der Waals surface area contributed by atoms with Crippen molar-refractivity contribution in [2.75, 3.05) is 0 Å². The van der Waals surface area contributed by atoms with Gasteiger partial charge in [-0.2, -0.15) is 0 Å². The van der Waals surface area contributed by atoms with Gasteiger partial charge in [-0.1, -0.05) is 62.2 Å². The first-order valence-electron chi connectivity index (χ1n) is 6.21. The van der Waals surface area contributed by atoms with Crippen molar-refractivity contribution < 1.29 is 5.11 Å². The number of aryl methyl sites for hydroxylation is 1. The number of unbranched alkanes of at least 4 members (excludes halogenated alkanes) is 2. The Labute approximate surface area is 98.8 Å². The van der Waals surface area contributed by atoms with E-state index in [1.807, 2.05) is 24.3 Å². The molecule has 88 valence electrons. The third-order valence-electron chi connectivity index (χ3n) is 2.65. The molecular weight excluding hydrogens is 196 g/mol. The van der Waals surface area contributed by atoms with Crippen LogP contribution in [-0.4, -0.2) is 11.2 Å². The van der Waals surface area contributed by atoms with Gasteiger partial charge >= 0.3 is 0 Å². The molecule has 0 saturated heterocycles. The lowest BCUT2D eigenvalue weighted by atomic mass is 10.1. The van der Waals surface area contributed by atoms with E-state index in [0.717, 1.165) is 19.3 Å². The summed E-state index contributed by atoms with van der Waals surface area (Å²) >= 11 is 0. The molecule has 1 aromatic rings. The Kier molecular flexibility index (Phi) is 6.59. The van der Waals surface area contributed by atoms with Crippen molar-refractivity contribution in [3.8, 4) is 0 Å². The van der Waals surface area contributed by atoms with Gasteiger partial charge in [0.15, 0.2) is 0 Å². The Hall–Kier alpha value is -1.08. The smallest absolute Gasteiger partial charge is 0.0724 e. The fraction of sp³-hybridized carbons (Fsp3) is 0.467. The molecule has 0 aliphatic rings. The highest BCUT2D eigenvalue weighted by atomic mass is 16.3. The monoisotopic (exact) mass is 218 g/mol. The summed E-state index contributed by atoms with van der Waals surface area (Å²) in [6.07, 6.45) is 8.99. The molecule has 0 saturated carbocycles. The Bertz CT molecular complexity index is 290. The summed E-state index contributed by atoms with van der Waals surface area (Å²) in [4.78, 5) is 0. The van der Waals surface area contributed by atoms with Gasteiger partial charge in [0.05, 0.1) is 6.10 Å². The number of aliphatic hydroxyl groups excluding tert-OH is 1. The third kappa shape index (κ3) is 5.72. The summed E-state index contributed by atoms with van der Waals surface area (Å²) in [7, 11) is 0. The van der Waals surface area contributed by atoms with E-state index in [-0.39, 0.29) is 6.10 Å². The van der Waals surface area contributed by atoms with Crippen molar-refractivity contribution in [1.29, 1.82) is 0 Å². The number of rotatable bonds is 7. The predicted molar refractivity (Wildman–Crippen MR) is 69.4 cm³/mol. The molecular formula is C15H22O. The molecule has 1 atom stereocenters. The standard InChI is InChI=1S/C15H22O/c1-2-3-4-8-11-15(16)13-12-14-9-6-5-7-10-14/h5-11,15-16H,2-4,12-13H2,1H3/b11-8+. The average molecular weight is 218 g/mol. The van der Waals surface area contributed by atoms with E-state index in [4.69, 9.17) is 0 Å². The first-order valence-corrected chi connectivity index (χ1v) is 6.21. The summed E-state index contributed by atoms with van der Waals surface area (Å²) in [6.45, 7) is 2.18. The van der Waals surface area contributed by atoms with E-state index in [1.54, 1.807) is 0 Å². The van der Waals surface area contributed by atoms with Crippen LogP contribution in [0.15, 0.2) is 42.5 Å². The molecule has 0 amide bonds. The molecule has 0 radical (unpaired) electrons. The van der Waals surface area contributed by atoms with Gasteiger partial charge in [0.1, 0.15) is 0 Å². The molecule has 0 heterocycles. The molecule has 0 spiro atoms. The van der Waals surface area contributed by atoms with E-state index in [1.165, 1.54) is 18.4 Å². The average Bonchev–Trinajstić information content (AvgIpc) is 2.33. The second-order valence-corrected chi connectivity index (χ2v) is 4.16. The summed E-state index contributed by atoms with van der Waals surface area (Å²) < 4.78 is 0. The second kappa shape index (κ2) is 8.12. The van der Waals surface area contributed by atoms with Gasteiger partial charge in [-0.15, -0.1) is 0 Å². The van der Waals surface area contributed by atoms with Crippen LogP contribution in [0.2, 0.25) is 0 Å². The largest absolute Gasteiger partial charge is 0.389 e. The molecule has 1 nitrogen and oxygen atoms in total. The Balaban J connectivity index is 2.20. The molecule has 1 unspecified atom stereocenters. The van der Waals surface area contributed by atoms with Gasteiger partial charge in [-0.3, -0.25) is 0 Å². The highest BCUT2D eigenvalue weighted by Crippen LogP contribution is 2.06. The molecule has 1 aromatic carbocycles. The third-order valence-corrected chi connectivity index (χ3v) is 2.65.